The summed E-state index contributed by atoms with van der Waals surface area (Å²) in [6, 6.07) is 14.9. The lowest BCUT2D eigenvalue weighted by atomic mass is 9.98. The van der Waals surface area contributed by atoms with E-state index >= 15 is 0 Å². The maximum absolute atomic E-state index is 12.4. The van der Waals surface area contributed by atoms with Crippen molar-refractivity contribution in [2.75, 3.05) is 25.0 Å². The number of amides is 2. The highest BCUT2D eigenvalue weighted by molar-refractivity contribution is 5.96. The number of anilines is 1. The summed E-state index contributed by atoms with van der Waals surface area (Å²) in [5.74, 6) is 0.955. The van der Waals surface area contributed by atoms with Gasteiger partial charge in [0.25, 0.3) is 11.8 Å². The van der Waals surface area contributed by atoms with Gasteiger partial charge in [0.15, 0.2) is 6.61 Å². The van der Waals surface area contributed by atoms with Gasteiger partial charge in [0, 0.05) is 24.3 Å². The molecule has 1 atom stereocenters. The van der Waals surface area contributed by atoms with E-state index in [-0.39, 0.29) is 18.4 Å². The lowest BCUT2D eigenvalue weighted by molar-refractivity contribution is -0.118. The molecule has 1 aliphatic rings. The molecule has 1 heterocycles. The molecule has 0 unspecified atom stereocenters. The van der Waals surface area contributed by atoms with Crippen molar-refractivity contribution in [1.82, 2.24) is 4.90 Å². The van der Waals surface area contributed by atoms with Gasteiger partial charge in [-0.05, 0) is 61.1 Å². The predicted molar refractivity (Wildman–Crippen MR) is 111 cm³/mol. The maximum Gasteiger partial charge on any atom is 0.262 e. The summed E-state index contributed by atoms with van der Waals surface area (Å²) in [5.41, 5.74) is 2.42. The number of rotatable bonds is 7. The molecule has 28 heavy (non-hydrogen) atoms. The lowest BCUT2D eigenvalue weighted by Crippen LogP contribution is -2.27. The van der Waals surface area contributed by atoms with Crippen LogP contribution in [0.4, 0.5) is 5.69 Å². The second-order valence-corrected chi connectivity index (χ2v) is 7.26. The summed E-state index contributed by atoms with van der Waals surface area (Å²) in [5, 5.41) is 2.82. The Morgan fingerprint density at radius 3 is 2.43 bits per heavy atom. The maximum atomic E-state index is 12.4. The van der Waals surface area contributed by atoms with Crippen LogP contribution in [0.15, 0.2) is 48.5 Å². The molecule has 5 nitrogen and oxygen atoms in total. The van der Waals surface area contributed by atoms with E-state index in [9.17, 15) is 9.59 Å². The summed E-state index contributed by atoms with van der Waals surface area (Å²) in [6.07, 6.45) is 3.15. The predicted octanol–water partition coefficient (Wildman–Crippen LogP) is 4.45. The zero-order valence-corrected chi connectivity index (χ0v) is 16.6. The van der Waals surface area contributed by atoms with Gasteiger partial charge in [-0.25, -0.2) is 0 Å². The highest BCUT2D eigenvalue weighted by Gasteiger charge is 2.19. The molecule has 0 spiro atoms. The van der Waals surface area contributed by atoms with Crippen LogP contribution in [0, 0.1) is 0 Å². The summed E-state index contributed by atoms with van der Waals surface area (Å²) in [7, 11) is 0. The number of hydrogen-bond acceptors (Lipinski definition) is 3. The van der Waals surface area contributed by atoms with Crippen molar-refractivity contribution in [2.24, 2.45) is 0 Å². The van der Waals surface area contributed by atoms with Gasteiger partial charge in [-0.3, -0.25) is 9.59 Å². The highest BCUT2D eigenvalue weighted by atomic mass is 16.5. The third kappa shape index (κ3) is 4.91. The quantitative estimate of drug-likeness (QED) is 0.772. The van der Waals surface area contributed by atoms with Crippen LogP contribution in [0.3, 0.4) is 0 Å². The second-order valence-electron chi connectivity index (χ2n) is 7.26. The zero-order valence-electron chi connectivity index (χ0n) is 16.6. The minimum Gasteiger partial charge on any atom is -0.483 e. The number of benzene rings is 2. The van der Waals surface area contributed by atoms with Crippen LogP contribution in [0.5, 0.6) is 5.75 Å². The third-order valence-electron chi connectivity index (χ3n) is 5.23. The Bertz CT molecular complexity index is 811. The number of ether oxygens (including phenoxy) is 1. The Hall–Kier alpha value is -2.82. The SMILES string of the molecule is CC[C@H](C)c1ccccc1OCC(=O)Nc1ccc(C(=O)N2CCCC2)cc1. The summed E-state index contributed by atoms with van der Waals surface area (Å²) < 4.78 is 5.75. The smallest absolute Gasteiger partial charge is 0.262 e. The molecule has 5 heteroatoms. The molecule has 2 aromatic carbocycles. The molecule has 1 N–H and O–H groups in total. The van der Waals surface area contributed by atoms with Crippen molar-refractivity contribution in [3.05, 3.63) is 59.7 Å². The lowest BCUT2D eigenvalue weighted by Gasteiger charge is -2.16. The van der Waals surface area contributed by atoms with E-state index in [1.807, 2.05) is 29.2 Å². The van der Waals surface area contributed by atoms with Gasteiger partial charge in [-0.2, -0.15) is 0 Å². The summed E-state index contributed by atoms with van der Waals surface area (Å²) in [4.78, 5) is 26.5. The normalized spacial score (nSPS) is 14.6. The first-order valence-electron chi connectivity index (χ1n) is 9.99. The van der Waals surface area contributed by atoms with Crippen LogP contribution in [-0.4, -0.2) is 36.4 Å². The van der Waals surface area contributed by atoms with E-state index in [0.29, 0.717) is 17.2 Å². The molecule has 0 bridgehead atoms. The van der Waals surface area contributed by atoms with Gasteiger partial charge in [0.2, 0.25) is 0 Å². The van der Waals surface area contributed by atoms with Crippen LogP contribution in [0.25, 0.3) is 0 Å². The zero-order chi connectivity index (χ0) is 19.9. The van der Waals surface area contributed by atoms with Crippen molar-refractivity contribution < 1.29 is 14.3 Å². The number of carbonyl (C=O) groups excluding carboxylic acids is 2. The van der Waals surface area contributed by atoms with Crippen LogP contribution >= 0.6 is 0 Å². The number of hydrogen-bond donors (Lipinski definition) is 1. The Balaban J connectivity index is 1.55. The van der Waals surface area contributed by atoms with Gasteiger partial charge < -0.3 is 15.0 Å². The van der Waals surface area contributed by atoms with Gasteiger partial charge in [-0.1, -0.05) is 32.0 Å². The van der Waals surface area contributed by atoms with Gasteiger partial charge in [0.05, 0.1) is 0 Å². The molecule has 3 rings (SSSR count). The van der Waals surface area contributed by atoms with E-state index in [4.69, 9.17) is 4.74 Å². The minimum atomic E-state index is -0.224. The highest BCUT2D eigenvalue weighted by Crippen LogP contribution is 2.28. The first kappa shape index (κ1) is 19.9. The number of likely N-dealkylation sites (tertiary alicyclic amines) is 1. The molecule has 1 saturated heterocycles. The molecule has 0 radical (unpaired) electrons. The van der Waals surface area contributed by atoms with Gasteiger partial charge in [0.1, 0.15) is 5.75 Å². The van der Waals surface area contributed by atoms with E-state index < -0.39 is 0 Å². The van der Waals surface area contributed by atoms with Crippen molar-refractivity contribution in [3.8, 4) is 5.75 Å². The molecule has 148 valence electrons. The van der Waals surface area contributed by atoms with Crippen molar-refractivity contribution in [3.63, 3.8) is 0 Å². The average molecular weight is 380 g/mol. The van der Waals surface area contributed by atoms with Crippen molar-refractivity contribution in [1.29, 1.82) is 0 Å². The second kappa shape index (κ2) is 9.40. The fourth-order valence-electron chi connectivity index (χ4n) is 3.38. The van der Waals surface area contributed by atoms with Crippen LogP contribution in [-0.2, 0) is 4.79 Å². The number of para-hydroxylation sites is 1. The van der Waals surface area contributed by atoms with E-state index in [0.717, 1.165) is 43.7 Å². The first-order chi connectivity index (χ1) is 13.6. The standard InChI is InChI=1S/C23H28N2O3/c1-3-17(2)20-8-4-5-9-21(20)28-16-22(26)24-19-12-10-18(11-13-19)23(27)25-14-6-7-15-25/h4-5,8-13,17H,3,6-7,14-16H2,1-2H3,(H,24,26)/t17-/m0/s1. The molecular weight excluding hydrogens is 352 g/mol. The number of nitrogens with one attached hydrogen (secondary N) is 1. The Morgan fingerprint density at radius 1 is 1.07 bits per heavy atom. The fraction of sp³-hybridized carbons (Fsp3) is 0.391. The fourth-order valence-corrected chi connectivity index (χ4v) is 3.38. The summed E-state index contributed by atoms with van der Waals surface area (Å²) in [6.45, 7) is 5.88. The number of nitrogens with zero attached hydrogens (tertiary/aromatic N) is 1. The Morgan fingerprint density at radius 2 is 1.75 bits per heavy atom. The van der Waals surface area contributed by atoms with E-state index in [2.05, 4.69) is 19.2 Å². The van der Waals surface area contributed by atoms with E-state index in [1.165, 1.54) is 0 Å². The minimum absolute atomic E-state index is 0.0537. The molecular formula is C23H28N2O3. The molecule has 0 aromatic heterocycles. The van der Waals surface area contributed by atoms with Gasteiger partial charge >= 0.3 is 0 Å². The monoisotopic (exact) mass is 380 g/mol. The molecule has 1 fully saturated rings. The largest absolute Gasteiger partial charge is 0.483 e. The van der Waals surface area contributed by atoms with Crippen LogP contribution in [0.1, 0.15) is 54.9 Å². The van der Waals surface area contributed by atoms with Crippen LogP contribution < -0.4 is 10.1 Å². The van der Waals surface area contributed by atoms with E-state index in [1.54, 1.807) is 24.3 Å². The first-order valence-corrected chi connectivity index (χ1v) is 9.99. The molecule has 1 aliphatic heterocycles. The van der Waals surface area contributed by atoms with Crippen molar-refractivity contribution >= 4 is 17.5 Å². The topological polar surface area (TPSA) is 58.6 Å². The van der Waals surface area contributed by atoms with Gasteiger partial charge in [-0.15, -0.1) is 0 Å². The molecule has 0 aliphatic carbocycles. The number of carbonyl (C=O) groups is 2. The summed E-state index contributed by atoms with van der Waals surface area (Å²) >= 11 is 0. The Kier molecular flexibility index (Phi) is 6.69. The molecule has 0 saturated carbocycles. The van der Waals surface area contributed by atoms with Crippen molar-refractivity contribution in [2.45, 2.75) is 39.0 Å². The molecule has 2 aromatic rings. The Labute approximate surface area is 166 Å². The third-order valence-corrected chi connectivity index (χ3v) is 5.23. The van der Waals surface area contributed by atoms with Crippen LogP contribution in [0.2, 0.25) is 0 Å². The average Bonchev–Trinajstić information content (AvgIpc) is 3.27. The molecule has 2 amide bonds.